The van der Waals surface area contributed by atoms with Crippen LogP contribution < -0.4 is 19.7 Å². The quantitative estimate of drug-likeness (QED) is 0.820. The van der Waals surface area contributed by atoms with Gasteiger partial charge in [-0.2, -0.15) is 0 Å². The molecule has 148 valence electrons. The monoisotopic (exact) mass is 401 g/mol. The Labute approximate surface area is 164 Å². The molecule has 0 spiro atoms. The molecule has 2 aromatic rings. The van der Waals surface area contributed by atoms with Crippen molar-refractivity contribution in [2.75, 3.05) is 23.9 Å². The average Bonchev–Trinajstić information content (AvgIpc) is 3.05. The number of benzene rings is 2. The van der Waals surface area contributed by atoms with Gasteiger partial charge in [0.25, 0.3) is 0 Å². The standard InChI is InChI=1S/C20H23N3O4S/c1-12-8-15(9-13(2)19(12)27-3)28(25,26)22-14-10-18-20(24)21-16-6-4-5-7-17(16)23(18)11-14/h4-9,14,18,22H,10-11H2,1-3H3,(H,21,24). The second-order valence-electron chi connectivity index (χ2n) is 7.32. The number of anilines is 2. The van der Waals surface area contributed by atoms with E-state index in [1.165, 1.54) is 0 Å². The number of nitrogens with one attached hydrogen (secondary N) is 2. The minimum absolute atomic E-state index is 0.100. The van der Waals surface area contributed by atoms with Crippen LogP contribution in [0.3, 0.4) is 0 Å². The lowest BCUT2D eigenvalue weighted by Crippen LogP contribution is -2.44. The summed E-state index contributed by atoms with van der Waals surface area (Å²) in [5, 5.41) is 2.90. The largest absolute Gasteiger partial charge is 0.496 e. The summed E-state index contributed by atoms with van der Waals surface area (Å²) < 4.78 is 34.0. The fraction of sp³-hybridized carbons (Fsp3) is 0.350. The van der Waals surface area contributed by atoms with E-state index in [1.54, 1.807) is 19.2 Å². The number of para-hydroxylation sites is 2. The lowest BCUT2D eigenvalue weighted by atomic mass is 10.1. The first kappa shape index (κ1) is 18.8. The van der Waals surface area contributed by atoms with Crippen molar-refractivity contribution < 1.29 is 17.9 Å². The number of nitrogens with zero attached hydrogens (tertiary/aromatic N) is 1. The fourth-order valence-electron chi connectivity index (χ4n) is 4.16. The van der Waals surface area contributed by atoms with E-state index < -0.39 is 10.0 Å². The first-order chi connectivity index (χ1) is 13.3. The van der Waals surface area contributed by atoms with Gasteiger partial charge < -0.3 is 15.0 Å². The van der Waals surface area contributed by atoms with Gasteiger partial charge in [0.1, 0.15) is 11.8 Å². The molecular formula is C20H23N3O4S. The molecule has 7 nitrogen and oxygen atoms in total. The summed E-state index contributed by atoms with van der Waals surface area (Å²) in [7, 11) is -2.15. The molecule has 8 heteroatoms. The van der Waals surface area contributed by atoms with E-state index in [0.717, 1.165) is 22.5 Å². The molecule has 1 saturated heterocycles. The predicted octanol–water partition coefficient (Wildman–Crippen LogP) is 2.19. The minimum atomic E-state index is -3.72. The third-order valence-electron chi connectivity index (χ3n) is 5.35. The van der Waals surface area contributed by atoms with E-state index in [-0.39, 0.29) is 22.9 Å². The van der Waals surface area contributed by atoms with Crippen molar-refractivity contribution in [1.29, 1.82) is 0 Å². The molecule has 2 aromatic carbocycles. The normalized spacial score (nSPS) is 21.1. The summed E-state index contributed by atoms with van der Waals surface area (Å²) in [6, 6.07) is 10.1. The van der Waals surface area contributed by atoms with Crippen LogP contribution in [-0.4, -0.2) is 40.1 Å². The molecule has 0 aromatic heterocycles. The number of carbonyl (C=O) groups is 1. The van der Waals surface area contributed by atoms with E-state index in [9.17, 15) is 13.2 Å². The van der Waals surface area contributed by atoms with Gasteiger partial charge in [-0.3, -0.25) is 4.79 Å². The van der Waals surface area contributed by atoms with Crippen LogP contribution in [0.25, 0.3) is 0 Å². The van der Waals surface area contributed by atoms with Gasteiger partial charge in [-0.1, -0.05) is 12.1 Å². The summed E-state index contributed by atoms with van der Waals surface area (Å²) in [5.41, 5.74) is 3.21. The van der Waals surface area contributed by atoms with Crippen LogP contribution in [0, 0.1) is 13.8 Å². The van der Waals surface area contributed by atoms with Crippen molar-refractivity contribution in [2.24, 2.45) is 0 Å². The number of fused-ring (bicyclic) bond motifs is 3. The Morgan fingerprint density at radius 1 is 1.18 bits per heavy atom. The summed E-state index contributed by atoms with van der Waals surface area (Å²) in [6.45, 7) is 4.09. The van der Waals surface area contributed by atoms with Gasteiger partial charge in [0.05, 0.1) is 23.4 Å². The molecule has 28 heavy (non-hydrogen) atoms. The molecule has 0 saturated carbocycles. The number of amides is 1. The van der Waals surface area contributed by atoms with Crippen molar-refractivity contribution >= 4 is 27.3 Å². The third-order valence-corrected chi connectivity index (χ3v) is 6.85. The van der Waals surface area contributed by atoms with E-state index >= 15 is 0 Å². The van der Waals surface area contributed by atoms with Crippen LogP contribution in [0.4, 0.5) is 11.4 Å². The van der Waals surface area contributed by atoms with Crippen LogP contribution in [-0.2, 0) is 14.8 Å². The Morgan fingerprint density at radius 3 is 2.54 bits per heavy atom. The first-order valence-electron chi connectivity index (χ1n) is 9.14. The highest BCUT2D eigenvalue weighted by Gasteiger charge is 2.42. The van der Waals surface area contributed by atoms with Gasteiger partial charge in [0, 0.05) is 12.6 Å². The predicted molar refractivity (Wildman–Crippen MR) is 107 cm³/mol. The Hall–Kier alpha value is -2.58. The van der Waals surface area contributed by atoms with Crippen molar-refractivity contribution in [2.45, 2.75) is 37.2 Å². The smallest absolute Gasteiger partial charge is 0.247 e. The number of sulfonamides is 1. The van der Waals surface area contributed by atoms with Gasteiger partial charge in [0.2, 0.25) is 15.9 Å². The summed E-state index contributed by atoms with van der Waals surface area (Å²) in [4.78, 5) is 14.6. The molecule has 1 fully saturated rings. The number of hydrogen-bond acceptors (Lipinski definition) is 5. The molecule has 2 heterocycles. The van der Waals surface area contributed by atoms with Crippen molar-refractivity contribution in [3.8, 4) is 5.75 Å². The Balaban J connectivity index is 1.58. The maximum atomic E-state index is 13.0. The molecule has 2 N–H and O–H groups in total. The molecule has 1 amide bonds. The van der Waals surface area contributed by atoms with Crippen LogP contribution in [0.5, 0.6) is 5.75 Å². The lowest BCUT2D eigenvalue weighted by molar-refractivity contribution is -0.117. The van der Waals surface area contributed by atoms with Gasteiger partial charge >= 0.3 is 0 Å². The summed E-state index contributed by atoms with van der Waals surface area (Å²) in [5.74, 6) is 0.585. The molecule has 2 aliphatic rings. The van der Waals surface area contributed by atoms with Crippen LogP contribution in [0.1, 0.15) is 17.5 Å². The van der Waals surface area contributed by atoms with Crippen LogP contribution in [0.2, 0.25) is 0 Å². The highest BCUT2D eigenvalue weighted by atomic mass is 32.2. The maximum Gasteiger partial charge on any atom is 0.247 e. The van der Waals surface area contributed by atoms with Gasteiger partial charge in [-0.05, 0) is 55.7 Å². The Kier molecular flexibility index (Phi) is 4.55. The molecule has 4 rings (SSSR count). The second kappa shape index (κ2) is 6.79. The number of ether oxygens (including phenoxy) is 1. The Morgan fingerprint density at radius 2 is 1.86 bits per heavy atom. The van der Waals surface area contributed by atoms with E-state index in [0.29, 0.717) is 18.7 Å². The number of hydrogen-bond donors (Lipinski definition) is 2. The molecule has 2 atom stereocenters. The van der Waals surface area contributed by atoms with Crippen LogP contribution >= 0.6 is 0 Å². The van der Waals surface area contributed by atoms with Gasteiger partial charge in [-0.25, -0.2) is 13.1 Å². The van der Waals surface area contributed by atoms with Gasteiger partial charge in [-0.15, -0.1) is 0 Å². The molecule has 0 radical (unpaired) electrons. The lowest BCUT2D eigenvalue weighted by Gasteiger charge is -2.32. The number of rotatable bonds is 4. The van der Waals surface area contributed by atoms with Crippen molar-refractivity contribution in [3.63, 3.8) is 0 Å². The highest BCUT2D eigenvalue weighted by Crippen LogP contribution is 2.37. The third kappa shape index (κ3) is 3.12. The number of methoxy groups -OCH3 is 1. The Bertz CT molecular complexity index is 1030. The van der Waals surface area contributed by atoms with Crippen molar-refractivity contribution in [1.82, 2.24) is 4.72 Å². The van der Waals surface area contributed by atoms with E-state index in [1.807, 2.05) is 43.0 Å². The van der Waals surface area contributed by atoms with Crippen LogP contribution in [0.15, 0.2) is 41.3 Å². The van der Waals surface area contributed by atoms with Crippen molar-refractivity contribution in [3.05, 3.63) is 47.5 Å². The molecular weight excluding hydrogens is 378 g/mol. The second-order valence-corrected chi connectivity index (χ2v) is 9.03. The number of aryl methyl sites for hydroxylation is 2. The SMILES string of the molecule is COc1c(C)cc(S(=O)(=O)NC2CC3C(=O)Nc4ccccc4N3C2)cc1C. The summed E-state index contributed by atoms with van der Waals surface area (Å²) in [6.07, 6.45) is 0.424. The zero-order valence-corrected chi connectivity index (χ0v) is 16.8. The minimum Gasteiger partial charge on any atom is -0.496 e. The first-order valence-corrected chi connectivity index (χ1v) is 10.6. The topological polar surface area (TPSA) is 87.7 Å². The molecule has 0 bridgehead atoms. The number of carbonyl (C=O) groups excluding carboxylic acids is 1. The molecule has 0 aliphatic carbocycles. The average molecular weight is 401 g/mol. The zero-order chi connectivity index (χ0) is 20.1. The van der Waals surface area contributed by atoms with Gasteiger partial charge in [0.15, 0.2) is 0 Å². The highest BCUT2D eigenvalue weighted by molar-refractivity contribution is 7.89. The fourth-order valence-corrected chi connectivity index (χ4v) is 5.57. The molecule has 2 unspecified atom stereocenters. The van der Waals surface area contributed by atoms with E-state index in [4.69, 9.17) is 4.74 Å². The maximum absolute atomic E-state index is 13.0. The molecule has 2 aliphatic heterocycles. The zero-order valence-electron chi connectivity index (χ0n) is 16.0. The summed E-state index contributed by atoms with van der Waals surface area (Å²) >= 11 is 0. The van der Waals surface area contributed by atoms with E-state index in [2.05, 4.69) is 10.0 Å².